The summed E-state index contributed by atoms with van der Waals surface area (Å²) < 4.78 is 23.5. The summed E-state index contributed by atoms with van der Waals surface area (Å²) >= 11 is 0. The van der Waals surface area contributed by atoms with Crippen LogP contribution in [0.4, 0.5) is 0 Å². The van der Waals surface area contributed by atoms with Crippen molar-refractivity contribution in [1.82, 2.24) is 9.66 Å². The molecule has 0 amide bonds. The van der Waals surface area contributed by atoms with Crippen LogP contribution in [0.15, 0.2) is 81.0 Å². The molecule has 5 aromatic rings. The molecule has 0 aliphatic heterocycles. The van der Waals surface area contributed by atoms with E-state index in [1.165, 1.54) is 17.8 Å². The third-order valence-electron chi connectivity index (χ3n) is 5.56. The number of rotatable bonds is 7. The van der Waals surface area contributed by atoms with E-state index in [0.29, 0.717) is 51.7 Å². The maximum Gasteiger partial charge on any atom is 0.308 e. The molecule has 0 unspecified atom stereocenters. The van der Waals surface area contributed by atoms with Crippen molar-refractivity contribution < 1.29 is 23.4 Å². The number of aromatic nitrogens is 2. The number of furan rings is 1. The summed E-state index contributed by atoms with van der Waals surface area (Å²) in [5.74, 6) is 1.47. The highest BCUT2D eigenvalue weighted by Crippen LogP contribution is 2.33. The SMILES string of the molecule is CCOc1cc(C=Nn2c(-c3cc4c(OC)cccc4o3)nc3ccccc3c2=O)ccc1OC(C)=O. The summed E-state index contributed by atoms with van der Waals surface area (Å²) in [5.41, 5.74) is 1.38. The summed E-state index contributed by atoms with van der Waals surface area (Å²) in [5, 5.41) is 5.63. The molecule has 9 heteroatoms. The van der Waals surface area contributed by atoms with Crippen molar-refractivity contribution in [1.29, 1.82) is 0 Å². The summed E-state index contributed by atoms with van der Waals surface area (Å²) in [6, 6.07) is 19.3. The molecule has 0 N–H and O–H groups in total. The Morgan fingerprint density at radius 3 is 2.65 bits per heavy atom. The molecule has 37 heavy (non-hydrogen) atoms. The lowest BCUT2D eigenvalue weighted by atomic mass is 10.2. The van der Waals surface area contributed by atoms with Gasteiger partial charge in [-0.15, -0.1) is 0 Å². The Balaban J connectivity index is 1.65. The third-order valence-corrected chi connectivity index (χ3v) is 5.56. The second-order valence-electron chi connectivity index (χ2n) is 8.03. The summed E-state index contributed by atoms with van der Waals surface area (Å²) in [4.78, 5) is 29.6. The first-order chi connectivity index (χ1) is 18.0. The Labute approximate surface area is 211 Å². The predicted molar refractivity (Wildman–Crippen MR) is 140 cm³/mol. The van der Waals surface area contributed by atoms with E-state index < -0.39 is 5.97 Å². The van der Waals surface area contributed by atoms with E-state index in [1.54, 1.807) is 49.6 Å². The van der Waals surface area contributed by atoms with Gasteiger partial charge in [-0.3, -0.25) is 9.59 Å². The number of para-hydroxylation sites is 1. The average molecular weight is 498 g/mol. The zero-order valence-electron chi connectivity index (χ0n) is 20.4. The van der Waals surface area contributed by atoms with E-state index in [4.69, 9.17) is 23.6 Å². The monoisotopic (exact) mass is 497 g/mol. The molecule has 9 nitrogen and oxygen atoms in total. The quantitative estimate of drug-likeness (QED) is 0.177. The van der Waals surface area contributed by atoms with E-state index in [-0.39, 0.29) is 11.4 Å². The topological polar surface area (TPSA) is 105 Å². The van der Waals surface area contributed by atoms with Gasteiger partial charge in [0.2, 0.25) is 5.82 Å². The molecule has 0 aliphatic rings. The third kappa shape index (κ3) is 4.66. The zero-order valence-corrected chi connectivity index (χ0v) is 20.4. The van der Waals surface area contributed by atoms with E-state index in [2.05, 4.69) is 5.10 Å². The highest BCUT2D eigenvalue weighted by atomic mass is 16.6. The second kappa shape index (κ2) is 9.98. The molecule has 0 saturated heterocycles. The Hall–Kier alpha value is -4.92. The molecule has 2 heterocycles. The molecule has 186 valence electrons. The molecule has 0 bridgehead atoms. The molecule has 3 aromatic carbocycles. The van der Waals surface area contributed by atoms with Gasteiger partial charge in [0.1, 0.15) is 11.3 Å². The fraction of sp³-hybridized carbons (Fsp3) is 0.143. The Morgan fingerprint density at radius 2 is 1.86 bits per heavy atom. The van der Waals surface area contributed by atoms with Crippen LogP contribution in [0.3, 0.4) is 0 Å². The average Bonchev–Trinajstić information content (AvgIpc) is 3.34. The van der Waals surface area contributed by atoms with Crippen LogP contribution in [0.5, 0.6) is 17.2 Å². The number of hydrogen-bond acceptors (Lipinski definition) is 8. The lowest BCUT2D eigenvalue weighted by Gasteiger charge is -2.10. The minimum absolute atomic E-state index is 0.236. The van der Waals surface area contributed by atoms with Crippen LogP contribution in [-0.2, 0) is 4.79 Å². The molecule has 0 fully saturated rings. The van der Waals surface area contributed by atoms with Gasteiger partial charge in [0.15, 0.2) is 17.3 Å². The van der Waals surface area contributed by atoms with Gasteiger partial charge in [-0.05, 0) is 61.0 Å². The number of esters is 1. The zero-order chi connectivity index (χ0) is 25.9. The summed E-state index contributed by atoms with van der Waals surface area (Å²) in [6.07, 6.45) is 1.50. The van der Waals surface area contributed by atoms with E-state index in [9.17, 15) is 9.59 Å². The number of methoxy groups -OCH3 is 1. The highest BCUT2D eigenvalue weighted by Gasteiger charge is 2.18. The van der Waals surface area contributed by atoms with Gasteiger partial charge in [0.25, 0.3) is 5.56 Å². The minimum atomic E-state index is -0.455. The minimum Gasteiger partial charge on any atom is -0.496 e. The Bertz CT molecular complexity index is 1720. The van der Waals surface area contributed by atoms with Crippen LogP contribution in [0.25, 0.3) is 33.5 Å². The normalized spacial score (nSPS) is 11.3. The lowest BCUT2D eigenvalue weighted by molar-refractivity contribution is -0.132. The molecule has 0 radical (unpaired) electrons. The Kier molecular flexibility index (Phi) is 6.42. The summed E-state index contributed by atoms with van der Waals surface area (Å²) in [6.45, 7) is 3.52. The molecule has 5 rings (SSSR count). The first-order valence-electron chi connectivity index (χ1n) is 11.6. The maximum atomic E-state index is 13.5. The highest BCUT2D eigenvalue weighted by molar-refractivity contribution is 5.89. The molecule has 0 saturated carbocycles. The molecular formula is C28H23N3O6. The summed E-state index contributed by atoms with van der Waals surface area (Å²) in [7, 11) is 1.58. The number of nitrogens with zero attached hydrogens (tertiary/aromatic N) is 3. The van der Waals surface area contributed by atoms with Crippen LogP contribution in [-0.4, -0.2) is 35.6 Å². The van der Waals surface area contributed by atoms with Crippen molar-refractivity contribution in [3.63, 3.8) is 0 Å². The van der Waals surface area contributed by atoms with Gasteiger partial charge in [-0.25, -0.2) is 4.98 Å². The number of benzene rings is 3. The van der Waals surface area contributed by atoms with Crippen molar-refractivity contribution in [3.8, 4) is 28.8 Å². The number of fused-ring (bicyclic) bond motifs is 2. The number of hydrogen-bond donors (Lipinski definition) is 0. The van der Waals surface area contributed by atoms with Gasteiger partial charge in [-0.1, -0.05) is 18.2 Å². The van der Waals surface area contributed by atoms with Crippen LogP contribution < -0.4 is 19.8 Å². The standard InChI is InChI=1S/C28H23N3O6/c1-4-35-25-14-18(12-13-24(25)36-17(2)32)16-29-31-27(30-21-9-6-5-8-19(21)28(31)33)26-15-20-22(34-3)10-7-11-23(20)37-26/h5-16H,4H2,1-3H3. The van der Waals surface area contributed by atoms with E-state index in [0.717, 1.165) is 5.39 Å². The van der Waals surface area contributed by atoms with Gasteiger partial charge in [0, 0.05) is 6.92 Å². The molecular weight excluding hydrogens is 474 g/mol. The van der Waals surface area contributed by atoms with Crippen molar-refractivity contribution in [2.24, 2.45) is 5.10 Å². The molecule has 0 atom stereocenters. The van der Waals surface area contributed by atoms with Gasteiger partial charge in [0.05, 0.1) is 36.2 Å². The van der Waals surface area contributed by atoms with Crippen molar-refractivity contribution in [2.45, 2.75) is 13.8 Å². The van der Waals surface area contributed by atoms with E-state index >= 15 is 0 Å². The first kappa shape index (κ1) is 23.8. The van der Waals surface area contributed by atoms with Gasteiger partial charge >= 0.3 is 5.97 Å². The second-order valence-corrected chi connectivity index (χ2v) is 8.03. The van der Waals surface area contributed by atoms with Crippen molar-refractivity contribution in [3.05, 3.63) is 82.6 Å². The lowest BCUT2D eigenvalue weighted by Crippen LogP contribution is -2.20. The van der Waals surface area contributed by atoms with Gasteiger partial charge in [-0.2, -0.15) is 9.78 Å². The molecule has 0 aliphatic carbocycles. The largest absolute Gasteiger partial charge is 0.496 e. The van der Waals surface area contributed by atoms with Crippen LogP contribution in [0.2, 0.25) is 0 Å². The van der Waals surface area contributed by atoms with Crippen LogP contribution >= 0.6 is 0 Å². The smallest absolute Gasteiger partial charge is 0.308 e. The first-order valence-corrected chi connectivity index (χ1v) is 11.6. The fourth-order valence-electron chi connectivity index (χ4n) is 3.95. The number of carbonyl (C=O) groups excluding carboxylic acids is 1. The van der Waals surface area contributed by atoms with E-state index in [1.807, 2.05) is 31.2 Å². The number of carbonyl (C=O) groups is 1. The molecule has 0 spiro atoms. The van der Waals surface area contributed by atoms with Crippen molar-refractivity contribution >= 4 is 34.1 Å². The fourth-order valence-corrected chi connectivity index (χ4v) is 3.95. The van der Waals surface area contributed by atoms with Crippen LogP contribution in [0, 0.1) is 0 Å². The molecule has 2 aromatic heterocycles. The Morgan fingerprint density at radius 1 is 1.03 bits per heavy atom. The van der Waals surface area contributed by atoms with Crippen LogP contribution in [0.1, 0.15) is 19.4 Å². The predicted octanol–water partition coefficient (Wildman–Crippen LogP) is 5.02. The number of ether oxygens (including phenoxy) is 3. The maximum absolute atomic E-state index is 13.5. The van der Waals surface area contributed by atoms with Gasteiger partial charge < -0.3 is 18.6 Å². The van der Waals surface area contributed by atoms with Crippen molar-refractivity contribution in [2.75, 3.05) is 13.7 Å².